The average molecular weight is 213 g/mol. The summed E-state index contributed by atoms with van der Waals surface area (Å²) >= 11 is 0. The van der Waals surface area contributed by atoms with E-state index in [0.29, 0.717) is 13.0 Å². The van der Waals surface area contributed by atoms with Gasteiger partial charge in [0.1, 0.15) is 0 Å². The van der Waals surface area contributed by atoms with Crippen molar-refractivity contribution in [3.05, 3.63) is 11.9 Å². The third-order valence-corrected chi connectivity index (χ3v) is 1.99. The van der Waals surface area contributed by atoms with Crippen LogP contribution in [-0.4, -0.2) is 37.8 Å². The first kappa shape index (κ1) is 11.6. The van der Waals surface area contributed by atoms with Crippen molar-refractivity contribution in [2.45, 2.75) is 32.2 Å². The van der Waals surface area contributed by atoms with E-state index in [1.54, 1.807) is 10.9 Å². The Morgan fingerprint density at radius 3 is 2.93 bits per heavy atom. The highest BCUT2D eigenvalue weighted by atomic mass is 16.4. The zero-order valence-corrected chi connectivity index (χ0v) is 8.46. The molecule has 1 aromatic heterocycles. The zero-order valence-electron chi connectivity index (χ0n) is 8.46. The van der Waals surface area contributed by atoms with Gasteiger partial charge in [-0.05, 0) is 19.3 Å². The normalized spacial score (nSPS) is 10.5. The van der Waals surface area contributed by atoms with Gasteiger partial charge < -0.3 is 10.2 Å². The van der Waals surface area contributed by atoms with Crippen molar-refractivity contribution in [3.8, 4) is 0 Å². The molecule has 1 rings (SSSR count). The smallest absolute Gasteiger partial charge is 0.303 e. The van der Waals surface area contributed by atoms with Crippen LogP contribution in [0.5, 0.6) is 0 Å². The first-order chi connectivity index (χ1) is 7.22. The number of carboxylic acids is 1. The molecule has 0 aliphatic heterocycles. The number of aliphatic hydroxyl groups excluding tert-OH is 1. The number of aliphatic hydroxyl groups is 1. The number of unbranched alkanes of at least 4 members (excludes halogenated alkanes) is 1. The van der Waals surface area contributed by atoms with Crippen LogP contribution in [0.3, 0.4) is 0 Å². The van der Waals surface area contributed by atoms with E-state index in [2.05, 4.69) is 10.3 Å². The van der Waals surface area contributed by atoms with Crippen LogP contribution in [0.25, 0.3) is 0 Å². The van der Waals surface area contributed by atoms with Crippen LogP contribution < -0.4 is 0 Å². The fourth-order valence-corrected chi connectivity index (χ4v) is 1.25. The second kappa shape index (κ2) is 6.13. The van der Waals surface area contributed by atoms with Crippen molar-refractivity contribution in [2.24, 2.45) is 0 Å². The predicted molar refractivity (Wildman–Crippen MR) is 52.3 cm³/mol. The van der Waals surface area contributed by atoms with E-state index in [0.717, 1.165) is 18.5 Å². The quantitative estimate of drug-likeness (QED) is 0.625. The summed E-state index contributed by atoms with van der Waals surface area (Å²) in [5.74, 6) is -0.765. The van der Waals surface area contributed by atoms with Gasteiger partial charge in [-0.15, -0.1) is 5.10 Å². The molecule has 6 nitrogen and oxygen atoms in total. The SMILES string of the molecule is O=C(O)CCCCc1cn(CCO)nn1. The van der Waals surface area contributed by atoms with E-state index in [4.69, 9.17) is 10.2 Å². The van der Waals surface area contributed by atoms with Crippen molar-refractivity contribution < 1.29 is 15.0 Å². The van der Waals surface area contributed by atoms with Crippen LogP contribution in [0.2, 0.25) is 0 Å². The van der Waals surface area contributed by atoms with Gasteiger partial charge in [0.25, 0.3) is 0 Å². The molecule has 15 heavy (non-hydrogen) atoms. The standard InChI is InChI=1S/C9H15N3O3/c13-6-5-12-7-8(10-11-12)3-1-2-4-9(14)15/h7,13H,1-6H2,(H,14,15). The average Bonchev–Trinajstić information content (AvgIpc) is 2.61. The molecule has 2 N–H and O–H groups in total. The van der Waals surface area contributed by atoms with E-state index in [-0.39, 0.29) is 13.0 Å². The number of rotatable bonds is 7. The number of carbonyl (C=O) groups is 1. The van der Waals surface area contributed by atoms with Crippen LogP contribution in [-0.2, 0) is 17.8 Å². The van der Waals surface area contributed by atoms with E-state index in [1.165, 1.54) is 0 Å². The molecule has 1 aromatic rings. The molecular formula is C9H15N3O3. The summed E-state index contributed by atoms with van der Waals surface area (Å²) in [6.45, 7) is 0.490. The van der Waals surface area contributed by atoms with E-state index in [9.17, 15) is 4.79 Å². The minimum Gasteiger partial charge on any atom is -0.481 e. The molecule has 0 spiro atoms. The first-order valence-corrected chi connectivity index (χ1v) is 4.94. The van der Waals surface area contributed by atoms with Crippen molar-refractivity contribution in [1.29, 1.82) is 0 Å². The summed E-state index contributed by atoms with van der Waals surface area (Å²) in [4.78, 5) is 10.2. The van der Waals surface area contributed by atoms with E-state index in [1.807, 2.05) is 0 Å². The van der Waals surface area contributed by atoms with Crippen LogP contribution in [0.4, 0.5) is 0 Å². The second-order valence-electron chi connectivity index (χ2n) is 3.30. The molecule has 0 radical (unpaired) electrons. The van der Waals surface area contributed by atoms with Gasteiger partial charge >= 0.3 is 5.97 Å². The summed E-state index contributed by atoms with van der Waals surface area (Å²) < 4.78 is 1.58. The summed E-state index contributed by atoms with van der Waals surface area (Å²) in [7, 11) is 0. The topological polar surface area (TPSA) is 88.2 Å². The fraction of sp³-hybridized carbons (Fsp3) is 0.667. The summed E-state index contributed by atoms with van der Waals surface area (Å²) in [5, 5.41) is 24.8. The lowest BCUT2D eigenvalue weighted by atomic mass is 10.1. The van der Waals surface area contributed by atoms with Crippen LogP contribution in [0.1, 0.15) is 25.0 Å². The van der Waals surface area contributed by atoms with Gasteiger partial charge in [0.2, 0.25) is 0 Å². The maximum atomic E-state index is 10.2. The van der Waals surface area contributed by atoms with Crippen molar-refractivity contribution in [2.75, 3.05) is 6.61 Å². The highest BCUT2D eigenvalue weighted by molar-refractivity contribution is 5.66. The Labute approximate surface area is 87.5 Å². The maximum absolute atomic E-state index is 10.2. The highest BCUT2D eigenvalue weighted by Crippen LogP contribution is 2.03. The largest absolute Gasteiger partial charge is 0.481 e. The molecule has 0 aromatic carbocycles. The Balaban J connectivity index is 2.22. The number of aromatic nitrogens is 3. The monoisotopic (exact) mass is 213 g/mol. The van der Waals surface area contributed by atoms with Gasteiger partial charge in [-0.1, -0.05) is 5.21 Å². The molecular weight excluding hydrogens is 198 g/mol. The summed E-state index contributed by atoms with van der Waals surface area (Å²) in [6.07, 6.45) is 4.16. The van der Waals surface area contributed by atoms with Crippen LogP contribution in [0, 0.1) is 0 Å². The predicted octanol–water partition coefficient (Wildman–Crippen LogP) is 0.0678. The summed E-state index contributed by atoms with van der Waals surface area (Å²) in [5.41, 5.74) is 0.842. The zero-order chi connectivity index (χ0) is 11.1. The Morgan fingerprint density at radius 2 is 2.27 bits per heavy atom. The Kier molecular flexibility index (Phi) is 4.76. The molecule has 6 heteroatoms. The highest BCUT2D eigenvalue weighted by Gasteiger charge is 2.01. The molecule has 0 fully saturated rings. The third-order valence-electron chi connectivity index (χ3n) is 1.99. The Morgan fingerprint density at radius 1 is 1.47 bits per heavy atom. The molecule has 0 atom stereocenters. The molecule has 0 bridgehead atoms. The van der Waals surface area contributed by atoms with Crippen LogP contribution in [0.15, 0.2) is 6.20 Å². The van der Waals surface area contributed by atoms with Gasteiger partial charge in [0.15, 0.2) is 0 Å². The maximum Gasteiger partial charge on any atom is 0.303 e. The number of carboxylic acid groups (broad SMARTS) is 1. The molecule has 1 heterocycles. The third kappa shape index (κ3) is 4.55. The van der Waals surface area contributed by atoms with Gasteiger partial charge in [0, 0.05) is 12.6 Å². The number of hydrogen-bond donors (Lipinski definition) is 2. The van der Waals surface area contributed by atoms with Crippen molar-refractivity contribution in [3.63, 3.8) is 0 Å². The van der Waals surface area contributed by atoms with Gasteiger partial charge in [0.05, 0.1) is 18.8 Å². The Bertz CT molecular complexity index is 311. The van der Waals surface area contributed by atoms with Gasteiger partial charge in [-0.25, -0.2) is 4.68 Å². The number of aryl methyl sites for hydroxylation is 1. The lowest BCUT2D eigenvalue weighted by molar-refractivity contribution is -0.137. The van der Waals surface area contributed by atoms with Gasteiger partial charge in [-0.2, -0.15) is 0 Å². The minimum atomic E-state index is -0.765. The molecule has 0 saturated heterocycles. The Hall–Kier alpha value is -1.43. The van der Waals surface area contributed by atoms with Crippen LogP contribution >= 0.6 is 0 Å². The van der Waals surface area contributed by atoms with Crippen molar-refractivity contribution in [1.82, 2.24) is 15.0 Å². The molecule has 0 unspecified atom stereocenters. The lowest BCUT2D eigenvalue weighted by Gasteiger charge is -1.95. The lowest BCUT2D eigenvalue weighted by Crippen LogP contribution is -2.02. The minimum absolute atomic E-state index is 0.0435. The number of aliphatic carboxylic acids is 1. The fourth-order valence-electron chi connectivity index (χ4n) is 1.25. The number of nitrogens with zero attached hydrogens (tertiary/aromatic N) is 3. The van der Waals surface area contributed by atoms with Crippen molar-refractivity contribution >= 4 is 5.97 Å². The molecule has 0 saturated carbocycles. The van der Waals surface area contributed by atoms with E-state index < -0.39 is 5.97 Å². The molecule has 84 valence electrons. The molecule has 0 aliphatic carbocycles. The number of hydrogen-bond acceptors (Lipinski definition) is 4. The second-order valence-corrected chi connectivity index (χ2v) is 3.30. The van der Waals surface area contributed by atoms with Gasteiger partial charge in [-0.3, -0.25) is 4.79 Å². The molecule has 0 aliphatic rings. The van der Waals surface area contributed by atoms with E-state index >= 15 is 0 Å². The first-order valence-electron chi connectivity index (χ1n) is 4.94. The summed E-state index contributed by atoms with van der Waals surface area (Å²) in [6, 6.07) is 0. The molecule has 0 amide bonds.